The minimum Gasteiger partial charge on any atom is -0.370 e. The van der Waals surface area contributed by atoms with E-state index in [1.807, 2.05) is 0 Å². The van der Waals surface area contributed by atoms with Gasteiger partial charge in [-0.2, -0.15) is 0 Å². The Balaban J connectivity index is 3.06. The minimum absolute atomic E-state index is 0.368. The zero-order valence-corrected chi connectivity index (χ0v) is 14.6. The molecule has 0 saturated heterocycles. The van der Waals surface area contributed by atoms with Gasteiger partial charge in [-0.1, -0.05) is 20.8 Å². The third-order valence-electron chi connectivity index (χ3n) is 3.54. The average Bonchev–Trinajstić information content (AvgIpc) is 2.41. The van der Waals surface area contributed by atoms with Gasteiger partial charge in [-0.05, 0) is 33.9 Å². The summed E-state index contributed by atoms with van der Waals surface area (Å²) in [7, 11) is 4.21. The Labute approximate surface area is 129 Å². The topological polar surface area (TPSA) is 53.1 Å². The summed E-state index contributed by atoms with van der Waals surface area (Å²) in [5, 5.41) is 6.95. The molecule has 0 bridgehead atoms. The van der Waals surface area contributed by atoms with Crippen molar-refractivity contribution in [3.8, 4) is 0 Å². The lowest BCUT2D eigenvalue weighted by Gasteiger charge is -2.27. The van der Waals surface area contributed by atoms with E-state index in [0.717, 1.165) is 42.5 Å². The van der Waals surface area contributed by atoms with E-state index in [9.17, 15) is 0 Å². The molecule has 0 aliphatic rings. The van der Waals surface area contributed by atoms with E-state index in [4.69, 9.17) is 0 Å². The van der Waals surface area contributed by atoms with Gasteiger partial charge in [0, 0.05) is 31.1 Å². The Morgan fingerprint density at radius 1 is 1.10 bits per heavy atom. The van der Waals surface area contributed by atoms with Crippen LogP contribution >= 0.6 is 0 Å². The van der Waals surface area contributed by atoms with Gasteiger partial charge in [-0.3, -0.25) is 0 Å². The zero-order valence-electron chi connectivity index (χ0n) is 14.6. The lowest BCUT2D eigenvalue weighted by molar-refractivity contribution is 0.344. The van der Waals surface area contributed by atoms with E-state index < -0.39 is 0 Å². The maximum absolute atomic E-state index is 4.68. The van der Waals surface area contributed by atoms with E-state index >= 15 is 0 Å². The van der Waals surface area contributed by atoms with E-state index in [1.165, 1.54) is 0 Å². The van der Waals surface area contributed by atoms with Gasteiger partial charge in [-0.25, -0.2) is 9.97 Å². The SMILES string of the molecule is CCNc1nc(CC)nc(NC(CN(C)C)C(C)C)c1C. The van der Waals surface area contributed by atoms with Crippen LogP contribution in [0, 0.1) is 12.8 Å². The number of hydrogen-bond donors (Lipinski definition) is 2. The van der Waals surface area contributed by atoms with Crippen molar-refractivity contribution in [1.29, 1.82) is 0 Å². The van der Waals surface area contributed by atoms with Gasteiger partial charge >= 0.3 is 0 Å². The van der Waals surface area contributed by atoms with Gasteiger partial charge in [0.15, 0.2) is 0 Å². The lowest BCUT2D eigenvalue weighted by Crippen LogP contribution is -2.37. The molecule has 0 amide bonds. The van der Waals surface area contributed by atoms with Crippen LogP contribution in [-0.4, -0.2) is 48.1 Å². The Morgan fingerprint density at radius 3 is 2.19 bits per heavy atom. The molecule has 120 valence electrons. The van der Waals surface area contributed by atoms with E-state index in [2.05, 4.69) is 74.2 Å². The van der Waals surface area contributed by atoms with E-state index in [-0.39, 0.29) is 0 Å². The standard InChI is InChI=1S/C16H31N5/c1-8-14-19-15(17-9-2)12(5)16(20-14)18-13(11(3)4)10-21(6)7/h11,13H,8-10H2,1-7H3,(H2,17,18,19,20). The highest BCUT2D eigenvalue weighted by Crippen LogP contribution is 2.22. The second-order valence-corrected chi connectivity index (χ2v) is 6.10. The van der Waals surface area contributed by atoms with Crippen LogP contribution in [0.25, 0.3) is 0 Å². The fraction of sp³-hybridized carbons (Fsp3) is 0.750. The predicted octanol–water partition coefficient (Wildman–Crippen LogP) is 2.78. The van der Waals surface area contributed by atoms with Gasteiger partial charge in [0.1, 0.15) is 17.5 Å². The monoisotopic (exact) mass is 293 g/mol. The van der Waals surface area contributed by atoms with Gasteiger partial charge in [0.05, 0.1) is 0 Å². The molecular weight excluding hydrogens is 262 g/mol. The highest BCUT2D eigenvalue weighted by molar-refractivity contribution is 5.57. The van der Waals surface area contributed by atoms with Crippen molar-refractivity contribution in [3.63, 3.8) is 0 Å². The maximum Gasteiger partial charge on any atom is 0.135 e. The molecule has 0 spiro atoms. The first-order valence-electron chi connectivity index (χ1n) is 7.91. The zero-order chi connectivity index (χ0) is 16.0. The molecule has 0 fully saturated rings. The van der Waals surface area contributed by atoms with Gasteiger partial charge in [0.2, 0.25) is 0 Å². The molecule has 0 radical (unpaired) electrons. The number of hydrogen-bond acceptors (Lipinski definition) is 5. The van der Waals surface area contributed by atoms with E-state index in [0.29, 0.717) is 12.0 Å². The molecular formula is C16H31N5. The highest BCUT2D eigenvalue weighted by atomic mass is 15.1. The molecule has 1 aromatic heterocycles. The molecule has 2 N–H and O–H groups in total. The van der Waals surface area contributed by atoms with Crippen molar-refractivity contribution < 1.29 is 0 Å². The van der Waals surface area contributed by atoms with Crippen LogP contribution in [0.5, 0.6) is 0 Å². The summed E-state index contributed by atoms with van der Waals surface area (Å²) in [6, 6.07) is 0.368. The number of likely N-dealkylation sites (N-methyl/N-ethyl adjacent to an activating group) is 1. The fourth-order valence-corrected chi connectivity index (χ4v) is 2.19. The van der Waals surface area contributed by atoms with Gasteiger partial charge in [-0.15, -0.1) is 0 Å². The first kappa shape index (κ1) is 17.7. The van der Waals surface area contributed by atoms with Crippen LogP contribution in [-0.2, 0) is 6.42 Å². The first-order valence-corrected chi connectivity index (χ1v) is 7.91. The summed E-state index contributed by atoms with van der Waals surface area (Å²) >= 11 is 0. The minimum atomic E-state index is 0.368. The van der Waals surface area contributed by atoms with Crippen molar-refractivity contribution in [2.75, 3.05) is 37.8 Å². The van der Waals surface area contributed by atoms with Crippen molar-refractivity contribution in [2.24, 2.45) is 5.92 Å². The van der Waals surface area contributed by atoms with Crippen LogP contribution in [0.3, 0.4) is 0 Å². The number of rotatable bonds is 8. The predicted molar refractivity (Wildman–Crippen MR) is 91.1 cm³/mol. The summed E-state index contributed by atoms with van der Waals surface area (Å²) in [5.74, 6) is 3.32. The fourth-order valence-electron chi connectivity index (χ4n) is 2.19. The Bertz CT molecular complexity index is 443. The van der Waals surface area contributed by atoms with Gasteiger partial charge < -0.3 is 15.5 Å². The molecule has 1 heterocycles. The molecule has 1 atom stereocenters. The molecule has 5 nitrogen and oxygen atoms in total. The lowest BCUT2D eigenvalue weighted by atomic mass is 10.0. The Morgan fingerprint density at radius 2 is 1.71 bits per heavy atom. The third kappa shape index (κ3) is 5.16. The second kappa shape index (κ2) is 8.17. The average molecular weight is 293 g/mol. The largest absolute Gasteiger partial charge is 0.370 e. The summed E-state index contributed by atoms with van der Waals surface area (Å²) in [5.41, 5.74) is 1.10. The summed E-state index contributed by atoms with van der Waals surface area (Å²) in [4.78, 5) is 11.5. The molecule has 0 aromatic carbocycles. The summed E-state index contributed by atoms with van der Waals surface area (Å²) < 4.78 is 0. The number of anilines is 2. The smallest absolute Gasteiger partial charge is 0.135 e. The van der Waals surface area contributed by atoms with Crippen LogP contribution in [0.1, 0.15) is 39.1 Å². The third-order valence-corrected chi connectivity index (χ3v) is 3.54. The Hall–Kier alpha value is -1.36. The van der Waals surface area contributed by atoms with Crippen LogP contribution in [0.4, 0.5) is 11.6 Å². The summed E-state index contributed by atoms with van der Waals surface area (Å²) in [6.07, 6.45) is 0.841. The quantitative estimate of drug-likeness (QED) is 0.772. The molecule has 1 rings (SSSR count). The number of nitrogens with zero attached hydrogens (tertiary/aromatic N) is 3. The summed E-state index contributed by atoms with van der Waals surface area (Å²) in [6.45, 7) is 12.6. The number of aryl methyl sites for hydroxylation is 1. The van der Waals surface area contributed by atoms with Gasteiger partial charge in [0.25, 0.3) is 0 Å². The second-order valence-electron chi connectivity index (χ2n) is 6.10. The first-order chi connectivity index (χ1) is 9.88. The number of aromatic nitrogens is 2. The van der Waals surface area contributed by atoms with Crippen LogP contribution < -0.4 is 10.6 Å². The van der Waals surface area contributed by atoms with Crippen molar-refractivity contribution in [3.05, 3.63) is 11.4 Å². The van der Waals surface area contributed by atoms with Crippen molar-refractivity contribution in [1.82, 2.24) is 14.9 Å². The molecule has 0 aliphatic heterocycles. The van der Waals surface area contributed by atoms with E-state index in [1.54, 1.807) is 0 Å². The number of nitrogens with one attached hydrogen (secondary N) is 2. The highest BCUT2D eigenvalue weighted by Gasteiger charge is 2.18. The molecule has 0 saturated carbocycles. The van der Waals surface area contributed by atoms with Crippen molar-refractivity contribution >= 4 is 11.6 Å². The Kier molecular flexibility index (Phi) is 6.89. The molecule has 21 heavy (non-hydrogen) atoms. The van der Waals surface area contributed by atoms with Crippen LogP contribution in [0.2, 0.25) is 0 Å². The van der Waals surface area contributed by atoms with Crippen molar-refractivity contribution in [2.45, 2.75) is 47.1 Å². The maximum atomic E-state index is 4.68. The van der Waals surface area contributed by atoms with Crippen LogP contribution in [0.15, 0.2) is 0 Å². The normalized spacial score (nSPS) is 12.8. The molecule has 5 heteroatoms. The molecule has 0 aliphatic carbocycles. The molecule has 1 aromatic rings. The molecule has 1 unspecified atom stereocenters.